The lowest BCUT2D eigenvalue weighted by molar-refractivity contribution is -0.137. The van der Waals surface area contributed by atoms with Gasteiger partial charge >= 0.3 is 18.8 Å². The van der Waals surface area contributed by atoms with Gasteiger partial charge in [0.15, 0.2) is 0 Å². The van der Waals surface area contributed by atoms with Crippen LogP contribution in [0.4, 0.5) is 31.7 Å². The number of urea groups is 1. The molecule has 3 aromatic rings. The Bertz CT molecular complexity index is 1220. The molecule has 1 aliphatic rings. The third-order valence-corrected chi connectivity index (χ3v) is 6.44. The maximum absolute atomic E-state index is 13.1. The third kappa shape index (κ3) is 5.14. The van der Waals surface area contributed by atoms with Crippen LogP contribution in [-0.2, 0) is 6.18 Å². The number of halogens is 5. The summed E-state index contributed by atoms with van der Waals surface area (Å²) < 4.78 is 68.3. The van der Waals surface area contributed by atoms with Gasteiger partial charge in [0, 0.05) is 5.38 Å². The minimum atomic E-state index is -4.52. The molecule has 0 saturated heterocycles. The zero-order valence-corrected chi connectivity index (χ0v) is 19.3. The number of amides is 2. The number of carbonyl (C=O) groups is 1. The fraction of sp³-hybridized carbons (Fsp3) is 0.250. The van der Waals surface area contributed by atoms with Crippen molar-refractivity contribution in [1.82, 2.24) is 5.01 Å². The van der Waals surface area contributed by atoms with E-state index in [0.29, 0.717) is 11.3 Å². The molecule has 1 atom stereocenters. The van der Waals surface area contributed by atoms with Crippen LogP contribution in [0.5, 0.6) is 5.75 Å². The van der Waals surface area contributed by atoms with Crippen molar-refractivity contribution in [1.29, 1.82) is 0 Å². The summed E-state index contributed by atoms with van der Waals surface area (Å²) in [6, 6.07) is 15.4. The van der Waals surface area contributed by atoms with Gasteiger partial charge in [0.1, 0.15) is 5.75 Å². The van der Waals surface area contributed by atoms with E-state index in [1.54, 1.807) is 26.0 Å². The predicted molar refractivity (Wildman–Crippen MR) is 123 cm³/mol. The molecule has 4 rings (SSSR count). The van der Waals surface area contributed by atoms with Crippen LogP contribution < -0.4 is 10.1 Å². The van der Waals surface area contributed by atoms with Gasteiger partial charge in [0.05, 0.1) is 27.7 Å². The summed E-state index contributed by atoms with van der Waals surface area (Å²) in [4.78, 5) is 13.1. The summed E-state index contributed by atoms with van der Waals surface area (Å²) >= 11 is 0.762. The molecule has 5 nitrogen and oxygen atoms in total. The summed E-state index contributed by atoms with van der Waals surface area (Å²) in [6.07, 6.45) is -4.52. The molecule has 35 heavy (non-hydrogen) atoms. The second-order valence-corrected chi connectivity index (χ2v) is 9.24. The fourth-order valence-corrected chi connectivity index (χ4v) is 4.81. The number of alkyl halides is 5. The number of hydrogen-bond acceptors (Lipinski definition) is 4. The molecule has 0 bridgehead atoms. The van der Waals surface area contributed by atoms with Gasteiger partial charge in [-0.05, 0) is 55.3 Å². The first-order chi connectivity index (χ1) is 16.5. The monoisotopic (exact) mass is 509 g/mol. The van der Waals surface area contributed by atoms with E-state index < -0.39 is 35.8 Å². The van der Waals surface area contributed by atoms with Crippen LogP contribution in [0.15, 0.2) is 71.1 Å². The van der Waals surface area contributed by atoms with Crippen LogP contribution >= 0.6 is 11.3 Å². The molecule has 0 fully saturated rings. The van der Waals surface area contributed by atoms with E-state index in [-0.39, 0.29) is 10.8 Å². The standard InChI is InChI=1S/C24H20F5N3O2S/c1-23(2)19(14-6-4-3-5-7-14)20(15-8-10-17(11-9-15)34-21(25)26)31-32(23)22(33)30-18-12-16(13-35-18)24(27,28)29/h3-13,19,21H,1-2H3,(H,30,33). The number of nitrogens with zero attached hydrogens (tertiary/aromatic N) is 2. The Labute approximate surface area is 201 Å². The number of hydrogen-bond donors (Lipinski definition) is 1. The minimum absolute atomic E-state index is 0.0226. The number of rotatable bonds is 5. The Kier molecular flexibility index (Phi) is 6.54. The van der Waals surface area contributed by atoms with E-state index in [4.69, 9.17) is 0 Å². The van der Waals surface area contributed by atoms with E-state index in [1.165, 1.54) is 17.1 Å². The lowest BCUT2D eigenvalue weighted by Crippen LogP contribution is -2.46. The van der Waals surface area contributed by atoms with Crippen molar-refractivity contribution in [2.75, 3.05) is 5.32 Å². The number of nitrogens with one attached hydrogen (secondary N) is 1. The van der Waals surface area contributed by atoms with Crippen LogP contribution in [0.3, 0.4) is 0 Å². The highest BCUT2D eigenvalue weighted by Gasteiger charge is 2.48. The largest absolute Gasteiger partial charge is 0.435 e. The number of benzene rings is 2. The van der Waals surface area contributed by atoms with Gasteiger partial charge in [-0.3, -0.25) is 5.32 Å². The van der Waals surface area contributed by atoms with Gasteiger partial charge in [0.25, 0.3) is 0 Å². The molecule has 0 spiro atoms. The van der Waals surface area contributed by atoms with Gasteiger partial charge < -0.3 is 4.74 Å². The highest BCUT2D eigenvalue weighted by Crippen LogP contribution is 2.43. The van der Waals surface area contributed by atoms with Crippen LogP contribution in [-0.4, -0.2) is 28.9 Å². The Morgan fingerprint density at radius 2 is 1.77 bits per heavy atom. The molecule has 0 radical (unpaired) electrons. The first-order valence-corrected chi connectivity index (χ1v) is 11.3. The molecule has 2 amide bonds. The molecule has 184 valence electrons. The van der Waals surface area contributed by atoms with Gasteiger partial charge in [-0.2, -0.15) is 27.1 Å². The summed E-state index contributed by atoms with van der Waals surface area (Å²) in [6.45, 7) is 0.629. The molecule has 11 heteroatoms. The van der Waals surface area contributed by atoms with E-state index in [1.807, 2.05) is 30.3 Å². The van der Waals surface area contributed by atoms with E-state index in [2.05, 4.69) is 15.2 Å². The Morgan fingerprint density at radius 1 is 1.11 bits per heavy atom. The Hall–Kier alpha value is -3.47. The minimum Gasteiger partial charge on any atom is -0.435 e. The molecule has 1 unspecified atom stereocenters. The topological polar surface area (TPSA) is 53.9 Å². The predicted octanol–water partition coefficient (Wildman–Crippen LogP) is 7.18. The van der Waals surface area contributed by atoms with Crippen molar-refractivity contribution < 1.29 is 31.5 Å². The van der Waals surface area contributed by atoms with Crippen LogP contribution in [0.2, 0.25) is 0 Å². The van der Waals surface area contributed by atoms with Crippen molar-refractivity contribution in [3.63, 3.8) is 0 Å². The van der Waals surface area contributed by atoms with Crippen molar-refractivity contribution >= 4 is 28.1 Å². The van der Waals surface area contributed by atoms with Gasteiger partial charge in [-0.15, -0.1) is 11.3 Å². The lowest BCUT2D eigenvalue weighted by atomic mass is 9.77. The highest BCUT2D eigenvalue weighted by atomic mass is 32.1. The van der Waals surface area contributed by atoms with Crippen molar-refractivity contribution in [3.8, 4) is 5.75 Å². The van der Waals surface area contributed by atoms with Gasteiger partial charge in [-0.1, -0.05) is 30.3 Å². The van der Waals surface area contributed by atoms with E-state index in [9.17, 15) is 26.7 Å². The average molecular weight is 510 g/mol. The number of thiophene rings is 1. The zero-order valence-electron chi connectivity index (χ0n) is 18.5. The quantitative estimate of drug-likeness (QED) is 0.371. The summed E-state index contributed by atoms with van der Waals surface area (Å²) in [5.74, 6) is -0.434. The molecular weight excluding hydrogens is 489 g/mol. The summed E-state index contributed by atoms with van der Waals surface area (Å²) in [5, 5.41) is 9.21. The summed E-state index contributed by atoms with van der Waals surface area (Å²) in [7, 11) is 0. The highest BCUT2D eigenvalue weighted by molar-refractivity contribution is 7.14. The number of anilines is 1. The van der Waals surface area contributed by atoms with Crippen LogP contribution in [0.25, 0.3) is 0 Å². The average Bonchev–Trinajstić information content (AvgIpc) is 3.36. The molecular formula is C24H20F5N3O2S. The first kappa shape index (κ1) is 24.6. The number of hydrazone groups is 1. The van der Waals surface area contributed by atoms with Crippen molar-refractivity contribution in [2.45, 2.75) is 38.1 Å². The van der Waals surface area contributed by atoms with Crippen molar-refractivity contribution in [2.24, 2.45) is 5.10 Å². The van der Waals surface area contributed by atoms with Crippen molar-refractivity contribution in [3.05, 3.63) is 82.7 Å². The maximum Gasteiger partial charge on any atom is 0.417 e. The summed E-state index contributed by atoms with van der Waals surface area (Å²) in [5.41, 5.74) is 0.176. The zero-order chi connectivity index (χ0) is 25.4. The number of ether oxygens (including phenoxy) is 1. The SMILES string of the molecule is CC1(C)C(c2ccccc2)C(c2ccc(OC(F)F)cc2)=NN1C(=O)Nc1cc(C(F)(F)F)cs1. The Morgan fingerprint density at radius 3 is 2.34 bits per heavy atom. The second kappa shape index (κ2) is 9.29. The fourth-order valence-electron chi connectivity index (χ4n) is 4.01. The molecule has 2 aromatic carbocycles. The molecule has 1 aromatic heterocycles. The van der Waals surface area contributed by atoms with E-state index in [0.717, 1.165) is 28.3 Å². The van der Waals surface area contributed by atoms with Gasteiger partial charge in [-0.25, -0.2) is 9.80 Å². The molecule has 2 heterocycles. The molecule has 0 saturated carbocycles. The molecule has 1 aliphatic heterocycles. The lowest BCUT2D eigenvalue weighted by Gasteiger charge is -2.34. The Balaban J connectivity index is 1.68. The normalized spacial score (nSPS) is 17.4. The maximum atomic E-state index is 13.1. The van der Waals surface area contributed by atoms with Crippen LogP contribution in [0, 0.1) is 0 Å². The molecule has 1 N–H and O–H groups in total. The first-order valence-electron chi connectivity index (χ1n) is 10.4. The second-order valence-electron chi connectivity index (χ2n) is 8.32. The third-order valence-electron chi connectivity index (χ3n) is 5.59. The smallest absolute Gasteiger partial charge is 0.417 e. The van der Waals surface area contributed by atoms with Crippen LogP contribution in [0.1, 0.15) is 36.5 Å². The number of carbonyl (C=O) groups excluding carboxylic acids is 1. The van der Waals surface area contributed by atoms with E-state index >= 15 is 0 Å². The van der Waals surface area contributed by atoms with Gasteiger partial charge in [0.2, 0.25) is 0 Å². The molecule has 0 aliphatic carbocycles.